The molecule has 0 heterocycles. The molecule has 0 aliphatic heterocycles. The molecule has 0 amide bonds. The minimum atomic E-state index is 0.341. The minimum Gasteiger partial charge on any atom is -0.496 e. The second-order valence-corrected chi connectivity index (χ2v) is 4.18. The maximum Gasteiger partial charge on any atom is 0.123 e. The topological polar surface area (TPSA) is 9.23 Å². The van der Waals surface area contributed by atoms with Gasteiger partial charge in [0.2, 0.25) is 0 Å². The van der Waals surface area contributed by atoms with E-state index in [9.17, 15) is 0 Å². The van der Waals surface area contributed by atoms with E-state index >= 15 is 0 Å². The predicted molar refractivity (Wildman–Crippen MR) is 55.1 cm³/mol. The lowest BCUT2D eigenvalue weighted by Gasteiger charge is -2.12. The Bertz CT molecular complexity index is 269. The fourth-order valence-electron chi connectivity index (χ4n) is 1.34. The lowest BCUT2D eigenvalue weighted by atomic mass is 10.1. The van der Waals surface area contributed by atoms with Crippen LogP contribution in [-0.2, 0) is 0 Å². The van der Waals surface area contributed by atoms with Gasteiger partial charge in [0, 0.05) is 10.4 Å². The van der Waals surface area contributed by atoms with Gasteiger partial charge in [-0.15, -0.1) is 0 Å². The summed E-state index contributed by atoms with van der Waals surface area (Å²) in [5.74, 6) is 0.958. The molecule has 0 aliphatic carbocycles. The van der Waals surface area contributed by atoms with Gasteiger partial charge in [0.15, 0.2) is 0 Å². The summed E-state index contributed by atoms with van der Waals surface area (Å²) in [6.45, 7) is 4.19. The molecule has 0 bridgehead atoms. The molecule has 66 valence electrons. The molecular formula is C10H13BrO. The Kier molecular flexibility index (Phi) is 3.15. The highest BCUT2D eigenvalue weighted by molar-refractivity contribution is 9.09. The van der Waals surface area contributed by atoms with Crippen molar-refractivity contribution in [1.82, 2.24) is 0 Å². The Morgan fingerprint density at radius 3 is 2.50 bits per heavy atom. The summed E-state index contributed by atoms with van der Waals surface area (Å²) in [5, 5.41) is 0. The number of alkyl halides is 1. The van der Waals surface area contributed by atoms with Crippen molar-refractivity contribution in [2.45, 2.75) is 18.7 Å². The standard InChI is InChI=1S/C10H13BrO/c1-7-5-4-6-9(12-3)10(7)8(2)11/h4-6,8H,1-3H3. The van der Waals surface area contributed by atoms with Crippen molar-refractivity contribution in [3.63, 3.8) is 0 Å². The van der Waals surface area contributed by atoms with Gasteiger partial charge in [0.05, 0.1) is 7.11 Å². The highest BCUT2D eigenvalue weighted by Gasteiger charge is 2.10. The van der Waals surface area contributed by atoms with Crippen LogP contribution in [0.1, 0.15) is 22.9 Å². The summed E-state index contributed by atoms with van der Waals surface area (Å²) >= 11 is 3.54. The molecule has 0 aliphatic rings. The quantitative estimate of drug-likeness (QED) is 0.705. The highest BCUT2D eigenvalue weighted by Crippen LogP contribution is 2.32. The first-order valence-electron chi connectivity index (χ1n) is 3.94. The van der Waals surface area contributed by atoms with Gasteiger partial charge >= 0.3 is 0 Å². The molecule has 0 saturated heterocycles. The van der Waals surface area contributed by atoms with Crippen molar-refractivity contribution in [1.29, 1.82) is 0 Å². The van der Waals surface area contributed by atoms with Gasteiger partial charge in [0.1, 0.15) is 5.75 Å². The van der Waals surface area contributed by atoms with E-state index in [1.54, 1.807) is 7.11 Å². The smallest absolute Gasteiger partial charge is 0.123 e. The molecule has 2 heteroatoms. The number of halogens is 1. The van der Waals surface area contributed by atoms with Crippen LogP contribution in [0.3, 0.4) is 0 Å². The maximum atomic E-state index is 5.26. The summed E-state index contributed by atoms with van der Waals surface area (Å²) in [7, 11) is 1.70. The number of benzene rings is 1. The number of aryl methyl sites for hydroxylation is 1. The van der Waals surface area contributed by atoms with E-state index in [4.69, 9.17) is 4.74 Å². The third-order valence-electron chi connectivity index (χ3n) is 1.90. The van der Waals surface area contributed by atoms with E-state index in [1.807, 2.05) is 12.1 Å². The fourth-order valence-corrected chi connectivity index (χ4v) is 1.93. The van der Waals surface area contributed by atoms with Gasteiger partial charge in [-0.05, 0) is 25.5 Å². The largest absolute Gasteiger partial charge is 0.496 e. The van der Waals surface area contributed by atoms with Gasteiger partial charge in [-0.1, -0.05) is 28.1 Å². The van der Waals surface area contributed by atoms with E-state index in [2.05, 4.69) is 35.8 Å². The molecule has 1 atom stereocenters. The van der Waals surface area contributed by atoms with Crippen molar-refractivity contribution in [3.05, 3.63) is 29.3 Å². The van der Waals surface area contributed by atoms with Gasteiger partial charge in [-0.2, -0.15) is 0 Å². The van der Waals surface area contributed by atoms with Gasteiger partial charge < -0.3 is 4.74 Å². The normalized spacial score (nSPS) is 12.7. The number of methoxy groups -OCH3 is 1. The van der Waals surface area contributed by atoms with Crippen LogP contribution in [0.4, 0.5) is 0 Å². The van der Waals surface area contributed by atoms with Crippen LogP contribution < -0.4 is 4.74 Å². The van der Waals surface area contributed by atoms with Crippen LogP contribution in [0.2, 0.25) is 0 Å². The molecule has 0 fully saturated rings. The Morgan fingerprint density at radius 2 is 2.08 bits per heavy atom. The van der Waals surface area contributed by atoms with Gasteiger partial charge in [0.25, 0.3) is 0 Å². The fraction of sp³-hybridized carbons (Fsp3) is 0.400. The average molecular weight is 229 g/mol. The van der Waals surface area contributed by atoms with Crippen LogP contribution in [0.5, 0.6) is 5.75 Å². The van der Waals surface area contributed by atoms with Crippen molar-refractivity contribution in [2.75, 3.05) is 7.11 Å². The Labute approximate surface area is 81.9 Å². The lowest BCUT2D eigenvalue weighted by Crippen LogP contribution is -1.94. The first kappa shape index (κ1) is 9.59. The molecule has 1 unspecified atom stereocenters. The van der Waals surface area contributed by atoms with E-state index in [1.165, 1.54) is 11.1 Å². The monoisotopic (exact) mass is 228 g/mol. The Balaban J connectivity index is 3.20. The number of hydrogen-bond donors (Lipinski definition) is 0. The molecule has 0 aromatic heterocycles. The minimum absolute atomic E-state index is 0.341. The number of rotatable bonds is 2. The zero-order valence-electron chi connectivity index (χ0n) is 7.60. The van der Waals surface area contributed by atoms with Crippen LogP contribution in [0, 0.1) is 6.92 Å². The molecular weight excluding hydrogens is 216 g/mol. The molecule has 0 radical (unpaired) electrons. The summed E-state index contributed by atoms with van der Waals surface area (Å²) in [6, 6.07) is 6.09. The SMILES string of the molecule is COc1cccc(C)c1C(C)Br. The molecule has 1 aromatic rings. The number of ether oxygens (including phenoxy) is 1. The maximum absolute atomic E-state index is 5.26. The van der Waals surface area contributed by atoms with Crippen LogP contribution in [0.15, 0.2) is 18.2 Å². The Morgan fingerprint density at radius 1 is 1.42 bits per heavy atom. The zero-order valence-corrected chi connectivity index (χ0v) is 9.18. The van der Waals surface area contributed by atoms with E-state index < -0.39 is 0 Å². The second kappa shape index (κ2) is 3.94. The van der Waals surface area contributed by atoms with Crippen molar-refractivity contribution >= 4 is 15.9 Å². The summed E-state index contributed by atoms with van der Waals surface area (Å²) in [6.07, 6.45) is 0. The summed E-state index contributed by atoms with van der Waals surface area (Å²) in [4.78, 5) is 0.341. The molecule has 1 aromatic carbocycles. The average Bonchev–Trinajstić information content (AvgIpc) is 2.03. The van der Waals surface area contributed by atoms with Crippen LogP contribution >= 0.6 is 15.9 Å². The summed E-state index contributed by atoms with van der Waals surface area (Å²) in [5.41, 5.74) is 2.50. The summed E-state index contributed by atoms with van der Waals surface area (Å²) < 4.78 is 5.26. The van der Waals surface area contributed by atoms with Crippen molar-refractivity contribution in [3.8, 4) is 5.75 Å². The molecule has 1 rings (SSSR count). The first-order valence-corrected chi connectivity index (χ1v) is 4.86. The van der Waals surface area contributed by atoms with Gasteiger partial charge in [-0.25, -0.2) is 0 Å². The van der Waals surface area contributed by atoms with Gasteiger partial charge in [-0.3, -0.25) is 0 Å². The molecule has 0 saturated carbocycles. The van der Waals surface area contributed by atoms with E-state index in [0.717, 1.165) is 5.75 Å². The van der Waals surface area contributed by atoms with Crippen LogP contribution in [0.25, 0.3) is 0 Å². The van der Waals surface area contributed by atoms with Crippen molar-refractivity contribution in [2.24, 2.45) is 0 Å². The predicted octanol–water partition coefficient (Wildman–Crippen LogP) is 3.46. The zero-order chi connectivity index (χ0) is 9.14. The molecule has 0 N–H and O–H groups in total. The first-order chi connectivity index (χ1) is 5.66. The number of hydrogen-bond acceptors (Lipinski definition) is 1. The molecule has 1 nitrogen and oxygen atoms in total. The second-order valence-electron chi connectivity index (χ2n) is 2.81. The lowest BCUT2D eigenvalue weighted by molar-refractivity contribution is 0.409. The molecule has 12 heavy (non-hydrogen) atoms. The molecule has 0 spiro atoms. The third-order valence-corrected chi connectivity index (χ3v) is 2.36. The van der Waals surface area contributed by atoms with E-state index in [0.29, 0.717) is 4.83 Å². The third kappa shape index (κ3) is 1.81. The van der Waals surface area contributed by atoms with Crippen molar-refractivity contribution < 1.29 is 4.74 Å². The highest BCUT2D eigenvalue weighted by atomic mass is 79.9. The van der Waals surface area contributed by atoms with Crippen LogP contribution in [-0.4, -0.2) is 7.11 Å². The van der Waals surface area contributed by atoms with E-state index in [-0.39, 0.29) is 0 Å². The Hall–Kier alpha value is -0.500.